The highest BCUT2D eigenvalue weighted by molar-refractivity contribution is 9.10. The van der Waals surface area contributed by atoms with E-state index in [1.807, 2.05) is 13.0 Å². The lowest BCUT2D eigenvalue weighted by Crippen LogP contribution is -2.36. The van der Waals surface area contributed by atoms with Gasteiger partial charge in [0.15, 0.2) is 5.78 Å². The Bertz CT molecular complexity index is 799. The summed E-state index contributed by atoms with van der Waals surface area (Å²) in [4.78, 5) is 16.9. The first-order valence-electron chi connectivity index (χ1n) is 7.57. The molecule has 1 aliphatic heterocycles. The number of nitrogens with zero attached hydrogens (tertiary/aromatic N) is 2. The molecule has 0 spiro atoms. The second kappa shape index (κ2) is 5.61. The summed E-state index contributed by atoms with van der Waals surface area (Å²) >= 11 is 3.52. The number of dihydropyridines is 1. The maximum absolute atomic E-state index is 12.8. The number of halogens is 1. The third-order valence-corrected chi connectivity index (χ3v) is 5.14. The van der Waals surface area contributed by atoms with E-state index < -0.39 is 0 Å². The van der Waals surface area contributed by atoms with Crippen molar-refractivity contribution in [2.24, 2.45) is 5.41 Å². The van der Waals surface area contributed by atoms with Gasteiger partial charge in [0.05, 0.1) is 17.6 Å². The average Bonchev–Trinajstić information content (AvgIpc) is 2.45. The zero-order chi connectivity index (χ0) is 16.8. The fourth-order valence-electron chi connectivity index (χ4n) is 3.52. The summed E-state index contributed by atoms with van der Waals surface area (Å²) in [6.45, 7) is 6.11. The summed E-state index contributed by atoms with van der Waals surface area (Å²) in [5, 5.41) is 13.0. The van der Waals surface area contributed by atoms with E-state index in [2.05, 4.69) is 46.1 Å². The van der Waals surface area contributed by atoms with Gasteiger partial charge in [0.1, 0.15) is 0 Å². The molecule has 0 saturated carbocycles. The molecular weight excluding hydrogens is 354 g/mol. The van der Waals surface area contributed by atoms with Gasteiger partial charge in [-0.05, 0) is 46.3 Å². The number of nitrogens with one attached hydrogen (secondary N) is 1. The third-order valence-electron chi connectivity index (χ3n) is 4.47. The highest BCUT2D eigenvalue weighted by Crippen LogP contribution is 2.47. The van der Waals surface area contributed by atoms with E-state index in [1.54, 1.807) is 12.4 Å². The Kier molecular flexibility index (Phi) is 3.89. The van der Waals surface area contributed by atoms with Crippen LogP contribution in [0.3, 0.4) is 0 Å². The van der Waals surface area contributed by atoms with Crippen molar-refractivity contribution in [3.63, 3.8) is 0 Å². The predicted molar refractivity (Wildman–Crippen MR) is 91.2 cm³/mol. The van der Waals surface area contributed by atoms with Gasteiger partial charge in [-0.15, -0.1) is 0 Å². The van der Waals surface area contributed by atoms with Crippen LogP contribution in [0.4, 0.5) is 0 Å². The van der Waals surface area contributed by atoms with Crippen molar-refractivity contribution in [1.82, 2.24) is 10.3 Å². The van der Waals surface area contributed by atoms with Crippen LogP contribution in [0.2, 0.25) is 0 Å². The van der Waals surface area contributed by atoms with Crippen LogP contribution in [-0.2, 0) is 4.79 Å². The summed E-state index contributed by atoms with van der Waals surface area (Å²) in [5.74, 6) is -0.199. The van der Waals surface area contributed by atoms with Crippen LogP contribution < -0.4 is 5.32 Å². The van der Waals surface area contributed by atoms with Crippen LogP contribution in [0.1, 0.15) is 45.1 Å². The smallest absolute Gasteiger partial charge is 0.162 e. The van der Waals surface area contributed by atoms with Crippen LogP contribution in [0.25, 0.3) is 0 Å². The first kappa shape index (κ1) is 15.9. The van der Waals surface area contributed by atoms with Gasteiger partial charge in [0, 0.05) is 40.3 Å². The molecule has 118 valence electrons. The Morgan fingerprint density at radius 1 is 1.43 bits per heavy atom. The van der Waals surface area contributed by atoms with Crippen molar-refractivity contribution in [1.29, 1.82) is 5.26 Å². The molecule has 0 aromatic carbocycles. The Morgan fingerprint density at radius 3 is 2.83 bits per heavy atom. The SMILES string of the molecule is CC1=C(C#N)[C@@H](c2ccncc2Br)C2=C(CC(C)(C)CC2=O)N1. The summed E-state index contributed by atoms with van der Waals surface area (Å²) in [6, 6.07) is 4.17. The van der Waals surface area contributed by atoms with E-state index in [0.717, 1.165) is 33.4 Å². The standard InChI is InChI=1S/C18H18BrN3O/c1-10-12(8-20)16(11-4-5-21-9-13(11)19)17-14(22-10)6-18(2,3)7-15(17)23/h4-5,9,16,22H,6-7H2,1-3H3/t16-/m1/s1. The first-order chi connectivity index (χ1) is 10.8. The number of nitriles is 1. The lowest BCUT2D eigenvalue weighted by atomic mass is 9.69. The van der Waals surface area contributed by atoms with Crippen molar-refractivity contribution < 1.29 is 4.79 Å². The molecule has 4 nitrogen and oxygen atoms in total. The monoisotopic (exact) mass is 371 g/mol. The number of allylic oxidation sites excluding steroid dienone is 4. The second-order valence-electron chi connectivity index (χ2n) is 6.94. The van der Waals surface area contributed by atoms with Crippen molar-refractivity contribution in [3.05, 3.63) is 51.0 Å². The number of Topliss-reactive ketones (excluding diaryl/α,β-unsaturated/α-hetero) is 1. The molecule has 5 heteroatoms. The Hall–Kier alpha value is -1.93. The van der Waals surface area contributed by atoms with Gasteiger partial charge in [-0.3, -0.25) is 9.78 Å². The fourth-order valence-corrected chi connectivity index (χ4v) is 3.99. The highest BCUT2D eigenvalue weighted by Gasteiger charge is 2.41. The molecule has 0 bridgehead atoms. The van der Waals surface area contributed by atoms with Gasteiger partial charge in [0.25, 0.3) is 0 Å². The predicted octanol–water partition coefficient (Wildman–Crippen LogP) is 3.97. The van der Waals surface area contributed by atoms with Crippen molar-refractivity contribution in [2.75, 3.05) is 0 Å². The van der Waals surface area contributed by atoms with Gasteiger partial charge in [-0.1, -0.05) is 13.8 Å². The zero-order valence-electron chi connectivity index (χ0n) is 13.4. The highest BCUT2D eigenvalue weighted by atomic mass is 79.9. The summed E-state index contributed by atoms with van der Waals surface area (Å²) < 4.78 is 0.817. The molecular formula is C18H18BrN3O. The van der Waals surface area contributed by atoms with Crippen molar-refractivity contribution in [2.45, 2.75) is 39.5 Å². The van der Waals surface area contributed by atoms with Gasteiger partial charge in [-0.2, -0.15) is 5.26 Å². The second-order valence-corrected chi connectivity index (χ2v) is 7.79. The van der Waals surface area contributed by atoms with Crippen molar-refractivity contribution in [3.8, 4) is 6.07 Å². The molecule has 1 aliphatic carbocycles. The summed E-state index contributed by atoms with van der Waals surface area (Å²) in [7, 11) is 0. The van der Waals surface area contributed by atoms with E-state index in [9.17, 15) is 10.1 Å². The van der Waals surface area contributed by atoms with E-state index in [4.69, 9.17) is 0 Å². The lowest BCUT2D eigenvalue weighted by molar-refractivity contribution is -0.118. The number of carbonyl (C=O) groups is 1. The maximum atomic E-state index is 12.8. The van der Waals surface area contributed by atoms with E-state index >= 15 is 0 Å². The minimum Gasteiger partial charge on any atom is -0.361 e. The molecule has 1 atom stereocenters. The minimum absolute atomic E-state index is 0.0621. The number of ketones is 1. The number of hydrogen-bond acceptors (Lipinski definition) is 4. The Labute approximate surface area is 144 Å². The molecule has 0 unspecified atom stereocenters. The van der Waals surface area contributed by atoms with Crippen molar-refractivity contribution >= 4 is 21.7 Å². The van der Waals surface area contributed by atoms with E-state index in [1.165, 1.54) is 0 Å². The number of aromatic nitrogens is 1. The normalized spacial score (nSPS) is 23.3. The summed E-state index contributed by atoms with van der Waals surface area (Å²) in [6.07, 6.45) is 4.72. The quantitative estimate of drug-likeness (QED) is 0.810. The topological polar surface area (TPSA) is 65.8 Å². The van der Waals surface area contributed by atoms with Crippen LogP contribution >= 0.6 is 15.9 Å². The minimum atomic E-state index is -0.322. The number of pyridine rings is 1. The average molecular weight is 372 g/mol. The maximum Gasteiger partial charge on any atom is 0.162 e. The number of carbonyl (C=O) groups excluding carboxylic acids is 1. The molecule has 1 N–H and O–H groups in total. The zero-order valence-corrected chi connectivity index (χ0v) is 15.0. The van der Waals surface area contributed by atoms with Crippen LogP contribution in [-0.4, -0.2) is 10.8 Å². The fraction of sp³-hybridized carbons (Fsp3) is 0.389. The molecule has 0 radical (unpaired) electrons. The molecule has 1 aromatic rings. The molecule has 2 heterocycles. The summed E-state index contributed by atoms with van der Waals surface area (Å²) in [5.41, 5.74) is 3.97. The van der Waals surface area contributed by atoms with Gasteiger partial charge in [-0.25, -0.2) is 0 Å². The number of rotatable bonds is 1. The van der Waals surface area contributed by atoms with Gasteiger partial charge >= 0.3 is 0 Å². The number of hydrogen-bond donors (Lipinski definition) is 1. The van der Waals surface area contributed by atoms with Crippen LogP contribution in [0, 0.1) is 16.7 Å². The van der Waals surface area contributed by atoms with E-state index in [-0.39, 0.29) is 17.1 Å². The van der Waals surface area contributed by atoms with Gasteiger partial charge < -0.3 is 5.32 Å². The largest absolute Gasteiger partial charge is 0.361 e. The molecule has 23 heavy (non-hydrogen) atoms. The molecule has 3 rings (SSSR count). The third kappa shape index (κ3) is 2.72. The Morgan fingerprint density at radius 2 is 2.17 bits per heavy atom. The Balaban J connectivity index is 2.22. The molecule has 0 saturated heterocycles. The molecule has 2 aliphatic rings. The van der Waals surface area contributed by atoms with Crippen LogP contribution in [0.5, 0.6) is 0 Å². The molecule has 0 amide bonds. The lowest BCUT2D eigenvalue weighted by Gasteiger charge is -2.38. The van der Waals surface area contributed by atoms with Crippen LogP contribution in [0.15, 0.2) is 45.5 Å². The molecule has 0 fully saturated rings. The molecule has 1 aromatic heterocycles. The van der Waals surface area contributed by atoms with Gasteiger partial charge in [0.2, 0.25) is 0 Å². The van der Waals surface area contributed by atoms with E-state index in [0.29, 0.717) is 12.0 Å². The first-order valence-corrected chi connectivity index (χ1v) is 8.37.